The molecule has 1 aromatic rings. The lowest BCUT2D eigenvalue weighted by molar-refractivity contribution is 0.824. The summed E-state index contributed by atoms with van der Waals surface area (Å²) in [7, 11) is 0. The van der Waals surface area contributed by atoms with Crippen molar-refractivity contribution in [1.82, 2.24) is 4.98 Å². The predicted molar refractivity (Wildman–Crippen MR) is 46.7 cm³/mol. The predicted octanol–water partition coefficient (Wildman–Crippen LogP) is 1.69. The maximum atomic E-state index is 4.07. The van der Waals surface area contributed by atoms with Crippen molar-refractivity contribution in [2.75, 3.05) is 0 Å². The first-order valence-corrected chi connectivity index (χ1v) is 3.62. The first-order chi connectivity index (χ1) is 4.72. The van der Waals surface area contributed by atoms with Crippen LogP contribution in [-0.4, -0.2) is 10.5 Å². The minimum absolute atomic E-state index is 0. The average Bonchev–Trinajstić information content (AvgIpc) is 1.88. The van der Waals surface area contributed by atoms with E-state index in [2.05, 4.69) is 31.8 Å². The summed E-state index contributed by atoms with van der Waals surface area (Å²) < 4.78 is 0. The average molecular weight is 153 g/mol. The molecule has 0 atom stereocenters. The van der Waals surface area contributed by atoms with Crippen molar-refractivity contribution in [3.8, 4) is 0 Å². The SMILES string of the molecule is Cc1ccncc1C(C)C.O. The molecule has 1 rings (SSSR count). The summed E-state index contributed by atoms with van der Waals surface area (Å²) in [5.41, 5.74) is 2.69. The zero-order valence-corrected chi connectivity index (χ0v) is 7.26. The molecule has 2 N–H and O–H groups in total. The van der Waals surface area contributed by atoms with Gasteiger partial charge in [0.15, 0.2) is 0 Å². The van der Waals surface area contributed by atoms with Gasteiger partial charge < -0.3 is 5.48 Å². The van der Waals surface area contributed by atoms with Gasteiger partial charge in [-0.15, -0.1) is 0 Å². The van der Waals surface area contributed by atoms with Gasteiger partial charge in [-0.05, 0) is 30.0 Å². The van der Waals surface area contributed by atoms with Crippen molar-refractivity contribution >= 4 is 0 Å². The number of aromatic nitrogens is 1. The van der Waals surface area contributed by atoms with E-state index < -0.39 is 0 Å². The van der Waals surface area contributed by atoms with E-state index in [1.165, 1.54) is 11.1 Å². The van der Waals surface area contributed by atoms with Gasteiger partial charge in [0.2, 0.25) is 0 Å². The summed E-state index contributed by atoms with van der Waals surface area (Å²) in [5.74, 6) is 0.591. The second kappa shape index (κ2) is 4.09. The second-order valence-electron chi connectivity index (χ2n) is 2.89. The zero-order chi connectivity index (χ0) is 7.56. The summed E-state index contributed by atoms with van der Waals surface area (Å²) in [6.45, 7) is 6.49. The van der Waals surface area contributed by atoms with E-state index >= 15 is 0 Å². The van der Waals surface area contributed by atoms with Gasteiger partial charge in [-0.3, -0.25) is 4.98 Å². The van der Waals surface area contributed by atoms with Crippen LogP contribution < -0.4 is 0 Å². The molecule has 1 aromatic heterocycles. The van der Waals surface area contributed by atoms with E-state index in [0.29, 0.717) is 5.92 Å². The Bertz CT molecular complexity index is 221. The molecule has 0 amide bonds. The Labute approximate surface area is 67.6 Å². The molecule has 2 heteroatoms. The molecule has 11 heavy (non-hydrogen) atoms. The topological polar surface area (TPSA) is 44.4 Å². The van der Waals surface area contributed by atoms with E-state index in [1.54, 1.807) is 0 Å². The molecule has 0 aliphatic heterocycles. The van der Waals surface area contributed by atoms with Gasteiger partial charge >= 0.3 is 0 Å². The molecule has 0 aliphatic carbocycles. The van der Waals surface area contributed by atoms with E-state index in [-0.39, 0.29) is 5.48 Å². The largest absolute Gasteiger partial charge is 0.412 e. The molecule has 0 unspecified atom stereocenters. The molecule has 0 fully saturated rings. The van der Waals surface area contributed by atoms with Crippen molar-refractivity contribution in [2.45, 2.75) is 26.7 Å². The van der Waals surface area contributed by atoms with Crippen LogP contribution in [-0.2, 0) is 0 Å². The molecule has 1 heterocycles. The number of nitrogens with zero attached hydrogens (tertiary/aromatic N) is 1. The Morgan fingerprint density at radius 1 is 1.36 bits per heavy atom. The minimum Gasteiger partial charge on any atom is -0.412 e. The zero-order valence-electron chi connectivity index (χ0n) is 7.26. The van der Waals surface area contributed by atoms with Gasteiger partial charge in [-0.1, -0.05) is 13.8 Å². The maximum absolute atomic E-state index is 4.07. The van der Waals surface area contributed by atoms with Crippen molar-refractivity contribution in [3.05, 3.63) is 29.6 Å². The molecule has 0 aliphatic rings. The van der Waals surface area contributed by atoms with Gasteiger partial charge in [-0.2, -0.15) is 0 Å². The molecular weight excluding hydrogens is 138 g/mol. The molecule has 62 valence electrons. The van der Waals surface area contributed by atoms with Gasteiger partial charge in [0.25, 0.3) is 0 Å². The van der Waals surface area contributed by atoms with Crippen molar-refractivity contribution < 1.29 is 5.48 Å². The highest BCUT2D eigenvalue weighted by atomic mass is 16.0. The van der Waals surface area contributed by atoms with Crippen molar-refractivity contribution in [1.29, 1.82) is 0 Å². The molecule has 0 aromatic carbocycles. The fourth-order valence-electron chi connectivity index (χ4n) is 1.08. The molecule has 0 bridgehead atoms. The molecule has 0 saturated heterocycles. The van der Waals surface area contributed by atoms with E-state index in [9.17, 15) is 0 Å². The smallest absolute Gasteiger partial charge is 0.0305 e. The number of pyridine rings is 1. The molecule has 0 spiro atoms. The number of rotatable bonds is 1. The van der Waals surface area contributed by atoms with Crippen LogP contribution in [0.2, 0.25) is 0 Å². The quantitative estimate of drug-likeness (QED) is 0.605. The Morgan fingerprint density at radius 3 is 2.36 bits per heavy atom. The first kappa shape index (κ1) is 10.1. The Morgan fingerprint density at radius 2 is 2.00 bits per heavy atom. The van der Waals surface area contributed by atoms with Crippen LogP contribution >= 0.6 is 0 Å². The summed E-state index contributed by atoms with van der Waals surface area (Å²) >= 11 is 0. The highest BCUT2D eigenvalue weighted by Gasteiger charge is 2.00. The lowest BCUT2D eigenvalue weighted by atomic mass is 10.0. The summed E-state index contributed by atoms with van der Waals surface area (Å²) in [6, 6.07) is 2.05. The molecule has 2 nitrogen and oxygen atoms in total. The number of aryl methyl sites for hydroxylation is 1. The number of hydrogen-bond acceptors (Lipinski definition) is 1. The van der Waals surface area contributed by atoms with Crippen LogP contribution in [0.4, 0.5) is 0 Å². The number of hydrogen-bond donors (Lipinski definition) is 0. The maximum Gasteiger partial charge on any atom is 0.0305 e. The normalized spacial score (nSPS) is 9.45. The summed E-state index contributed by atoms with van der Waals surface area (Å²) in [4.78, 5) is 4.07. The van der Waals surface area contributed by atoms with Crippen LogP contribution in [0.15, 0.2) is 18.5 Å². The van der Waals surface area contributed by atoms with E-state index in [1.807, 2.05) is 12.4 Å². The van der Waals surface area contributed by atoms with Gasteiger partial charge in [0.05, 0.1) is 0 Å². The highest BCUT2D eigenvalue weighted by Crippen LogP contribution is 2.16. The second-order valence-corrected chi connectivity index (χ2v) is 2.89. The Hall–Kier alpha value is -0.890. The highest BCUT2D eigenvalue weighted by molar-refractivity contribution is 5.24. The van der Waals surface area contributed by atoms with Gasteiger partial charge in [-0.25, -0.2) is 0 Å². The Balaban J connectivity index is 0.000001000. The Kier molecular flexibility index (Phi) is 3.76. The van der Waals surface area contributed by atoms with Gasteiger partial charge in [0, 0.05) is 12.4 Å². The van der Waals surface area contributed by atoms with E-state index in [0.717, 1.165) is 0 Å². The summed E-state index contributed by atoms with van der Waals surface area (Å²) in [6.07, 6.45) is 3.78. The molecule has 0 saturated carbocycles. The third-order valence-electron chi connectivity index (χ3n) is 1.70. The fraction of sp³-hybridized carbons (Fsp3) is 0.444. The van der Waals surface area contributed by atoms with Crippen LogP contribution in [0.1, 0.15) is 30.9 Å². The first-order valence-electron chi connectivity index (χ1n) is 3.62. The molecular formula is C9H15NO. The van der Waals surface area contributed by atoms with Crippen LogP contribution in [0.25, 0.3) is 0 Å². The molecule has 0 radical (unpaired) electrons. The third kappa shape index (κ3) is 2.31. The third-order valence-corrected chi connectivity index (χ3v) is 1.70. The standard InChI is InChI=1S/C9H13N.H2O/c1-7(2)9-6-10-5-4-8(9)3;/h4-7H,1-3H3;1H2. The van der Waals surface area contributed by atoms with E-state index in [4.69, 9.17) is 0 Å². The van der Waals surface area contributed by atoms with Crippen LogP contribution in [0.5, 0.6) is 0 Å². The minimum atomic E-state index is 0. The van der Waals surface area contributed by atoms with Gasteiger partial charge in [0.1, 0.15) is 0 Å². The fourth-order valence-corrected chi connectivity index (χ4v) is 1.08. The van der Waals surface area contributed by atoms with Crippen molar-refractivity contribution in [2.24, 2.45) is 0 Å². The monoisotopic (exact) mass is 153 g/mol. The van der Waals surface area contributed by atoms with Crippen LogP contribution in [0.3, 0.4) is 0 Å². The summed E-state index contributed by atoms with van der Waals surface area (Å²) in [5, 5.41) is 0. The van der Waals surface area contributed by atoms with Crippen molar-refractivity contribution in [3.63, 3.8) is 0 Å². The van der Waals surface area contributed by atoms with Crippen LogP contribution in [0, 0.1) is 6.92 Å². The lowest BCUT2D eigenvalue weighted by Gasteiger charge is -2.06. The lowest BCUT2D eigenvalue weighted by Crippen LogP contribution is -1.91.